The van der Waals surface area contributed by atoms with Gasteiger partial charge in [-0.15, -0.1) is 11.6 Å². The Balaban J connectivity index is 1.50. The van der Waals surface area contributed by atoms with Crippen molar-refractivity contribution in [2.45, 2.75) is 86.8 Å². The van der Waals surface area contributed by atoms with Gasteiger partial charge in [0.15, 0.2) is 23.2 Å². The highest BCUT2D eigenvalue weighted by Gasteiger charge is 2.59. The largest absolute Gasteiger partial charge is 0.497 e. The van der Waals surface area contributed by atoms with Gasteiger partial charge in [-0.25, -0.2) is 4.79 Å². The third kappa shape index (κ3) is 5.21. The van der Waals surface area contributed by atoms with E-state index in [1.165, 1.54) is 7.11 Å². The fourth-order valence-electron chi connectivity index (χ4n) is 6.69. The number of hydrogen-bond acceptors (Lipinski definition) is 9. The minimum Gasteiger partial charge on any atom is -0.497 e. The average molecular weight is 564 g/mol. The van der Waals surface area contributed by atoms with E-state index in [4.69, 9.17) is 35.3 Å². The van der Waals surface area contributed by atoms with E-state index in [-0.39, 0.29) is 19.1 Å². The second-order valence-electron chi connectivity index (χ2n) is 11.6. The molecule has 0 radical (unpaired) electrons. The maximum absolute atomic E-state index is 13.8. The average Bonchev–Trinajstić information content (AvgIpc) is 3.56. The highest BCUT2D eigenvalue weighted by atomic mass is 35.5. The summed E-state index contributed by atoms with van der Waals surface area (Å²) in [6.45, 7) is 5.66. The summed E-state index contributed by atoms with van der Waals surface area (Å²) in [6.07, 6.45) is 4.46. The van der Waals surface area contributed by atoms with Gasteiger partial charge < -0.3 is 28.8 Å². The van der Waals surface area contributed by atoms with Crippen LogP contribution in [-0.2, 0) is 30.2 Å². The third-order valence-electron chi connectivity index (χ3n) is 8.60. The van der Waals surface area contributed by atoms with Crippen molar-refractivity contribution in [3.63, 3.8) is 0 Å². The van der Waals surface area contributed by atoms with E-state index in [1.54, 1.807) is 7.11 Å². The number of halogens is 1. The lowest BCUT2D eigenvalue weighted by molar-refractivity contribution is -0.178. The van der Waals surface area contributed by atoms with E-state index in [1.807, 2.05) is 26.0 Å². The fourth-order valence-corrected chi connectivity index (χ4v) is 6.83. The molecule has 9 nitrogen and oxygen atoms in total. The molecule has 1 aromatic carbocycles. The molecule has 4 atom stereocenters. The van der Waals surface area contributed by atoms with Crippen LogP contribution >= 0.6 is 11.6 Å². The number of nitrogens with zero attached hydrogens (tertiary/aromatic N) is 1. The predicted octanol–water partition coefficient (Wildman–Crippen LogP) is 3.83. The summed E-state index contributed by atoms with van der Waals surface area (Å²) in [5.41, 5.74) is -0.343. The molecule has 0 aromatic heterocycles. The van der Waals surface area contributed by atoms with Crippen LogP contribution in [0.15, 0.2) is 24.0 Å². The van der Waals surface area contributed by atoms with E-state index in [0.29, 0.717) is 30.1 Å². The van der Waals surface area contributed by atoms with Gasteiger partial charge in [0.25, 0.3) is 0 Å². The van der Waals surface area contributed by atoms with Crippen molar-refractivity contribution in [1.82, 2.24) is 4.90 Å². The summed E-state index contributed by atoms with van der Waals surface area (Å²) in [5.74, 6) is 0.0622. The van der Waals surface area contributed by atoms with Crippen LogP contribution in [0.2, 0.25) is 0 Å². The van der Waals surface area contributed by atoms with E-state index in [2.05, 4.69) is 11.0 Å². The van der Waals surface area contributed by atoms with Crippen LogP contribution in [-0.4, -0.2) is 78.2 Å². The number of methoxy groups -OCH3 is 2. The molecule has 3 aliphatic heterocycles. The number of fused-ring (bicyclic) bond motifs is 3. The van der Waals surface area contributed by atoms with Crippen LogP contribution in [0.25, 0.3) is 0 Å². The molecule has 1 spiro atoms. The van der Waals surface area contributed by atoms with Crippen molar-refractivity contribution in [2.24, 2.45) is 0 Å². The van der Waals surface area contributed by atoms with Crippen LogP contribution < -0.4 is 9.47 Å². The van der Waals surface area contributed by atoms with Gasteiger partial charge in [-0.2, -0.15) is 0 Å². The van der Waals surface area contributed by atoms with Gasteiger partial charge in [-0.1, -0.05) is 0 Å². The zero-order chi connectivity index (χ0) is 28.0. The summed E-state index contributed by atoms with van der Waals surface area (Å²) >= 11 is 6.34. The summed E-state index contributed by atoms with van der Waals surface area (Å²) in [4.78, 5) is 28.0. The van der Waals surface area contributed by atoms with E-state index < -0.39 is 40.5 Å². The number of esters is 2. The maximum Gasteiger partial charge on any atom is 0.339 e. The number of hydrogen-bond donors (Lipinski definition) is 1. The lowest BCUT2D eigenvalue weighted by Crippen LogP contribution is -2.49. The van der Waals surface area contributed by atoms with Crippen LogP contribution in [0.4, 0.5) is 0 Å². The van der Waals surface area contributed by atoms with Crippen LogP contribution in [0.3, 0.4) is 0 Å². The normalized spacial score (nSPS) is 27.0. The second-order valence-corrected chi connectivity index (χ2v) is 12.7. The number of rotatable bonds is 9. The molecule has 39 heavy (non-hydrogen) atoms. The molecule has 1 aliphatic carbocycles. The Morgan fingerprint density at radius 2 is 1.92 bits per heavy atom. The Labute approximate surface area is 234 Å². The van der Waals surface area contributed by atoms with Gasteiger partial charge in [0.1, 0.15) is 5.76 Å². The van der Waals surface area contributed by atoms with Crippen molar-refractivity contribution >= 4 is 23.5 Å². The Hall–Kier alpha value is -2.49. The summed E-state index contributed by atoms with van der Waals surface area (Å²) in [7, 11) is 2.79. The first-order chi connectivity index (χ1) is 18.5. The van der Waals surface area contributed by atoms with Crippen molar-refractivity contribution < 1.29 is 38.4 Å². The topological polar surface area (TPSA) is 104 Å². The number of ether oxygens (including phenoxy) is 5. The van der Waals surface area contributed by atoms with E-state index in [9.17, 15) is 14.7 Å². The van der Waals surface area contributed by atoms with E-state index >= 15 is 0 Å². The van der Waals surface area contributed by atoms with Crippen LogP contribution in [0, 0.1) is 0 Å². The molecule has 1 aromatic rings. The monoisotopic (exact) mass is 563 g/mol. The molecule has 10 heteroatoms. The van der Waals surface area contributed by atoms with Crippen LogP contribution in [0.5, 0.6) is 11.5 Å². The first kappa shape index (κ1) is 28.1. The molecule has 0 amide bonds. The fraction of sp³-hybridized carbons (Fsp3) is 0.655. The second kappa shape index (κ2) is 10.5. The molecule has 3 heterocycles. The molecule has 1 saturated heterocycles. The number of aliphatic hydroxyl groups is 1. The van der Waals surface area contributed by atoms with Crippen molar-refractivity contribution in [2.75, 3.05) is 34.1 Å². The molecule has 1 fully saturated rings. The zero-order valence-corrected chi connectivity index (χ0v) is 23.8. The van der Waals surface area contributed by atoms with Gasteiger partial charge in [-0.3, -0.25) is 9.69 Å². The lowest BCUT2D eigenvalue weighted by atomic mass is 9.77. The van der Waals surface area contributed by atoms with Gasteiger partial charge in [0, 0.05) is 11.4 Å². The van der Waals surface area contributed by atoms with E-state index in [0.717, 1.165) is 43.5 Å². The molecule has 214 valence electrons. The molecule has 1 N–H and O–H groups in total. The van der Waals surface area contributed by atoms with Gasteiger partial charge >= 0.3 is 11.9 Å². The zero-order valence-electron chi connectivity index (χ0n) is 23.1. The molecule has 0 bridgehead atoms. The standard InChI is InChI=1S/C29H38ClNO8/c1-27(2,30)8-5-10-29(34,16-23(32)36-4)26(33)39-25-22(35-3)15-28-9-6-11-31(28)12-7-18-13-20-21(38-17-37-20)14-19(18)24(25)28/h13-15,24-25,34H,5-12,16-17H2,1-4H3/t24-,25?,28?,29-/m1/s1. The first-order valence-corrected chi connectivity index (χ1v) is 14.0. The summed E-state index contributed by atoms with van der Waals surface area (Å²) in [5, 5.41) is 11.5. The Morgan fingerprint density at radius 1 is 1.18 bits per heavy atom. The predicted molar refractivity (Wildman–Crippen MR) is 143 cm³/mol. The van der Waals surface area contributed by atoms with Crippen molar-refractivity contribution in [1.29, 1.82) is 0 Å². The van der Waals surface area contributed by atoms with Gasteiger partial charge in [-0.05, 0) is 88.3 Å². The summed E-state index contributed by atoms with van der Waals surface area (Å²) < 4.78 is 28.2. The Kier molecular flexibility index (Phi) is 7.54. The first-order valence-electron chi connectivity index (χ1n) is 13.6. The minimum absolute atomic E-state index is 0.00699. The molecular weight excluding hydrogens is 526 g/mol. The number of alkyl halides is 1. The molecule has 2 unspecified atom stereocenters. The Morgan fingerprint density at radius 3 is 2.62 bits per heavy atom. The number of carbonyl (C=O) groups is 2. The molecule has 0 saturated carbocycles. The Bertz CT molecular complexity index is 1160. The highest BCUT2D eigenvalue weighted by molar-refractivity contribution is 6.23. The van der Waals surface area contributed by atoms with Crippen LogP contribution in [0.1, 0.15) is 69.4 Å². The SMILES string of the molecule is COC(=O)C[C@](O)(CCCC(C)(C)Cl)C(=O)OC1C(OC)=CC23CCCN2CCc2cc4c(cc2[C@H]13)OCO4. The van der Waals surface area contributed by atoms with Crippen molar-refractivity contribution in [3.05, 3.63) is 35.1 Å². The molecule has 4 aliphatic rings. The summed E-state index contributed by atoms with van der Waals surface area (Å²) in [6, 6.07) is 4.03. The molecule has 5 rings (SSSR count). The minimum atomic E-state index is -2.07. The number of carbonyl (C=O) groups excluding carboxylic acids is 2. The van der Waals surface area contributed by atoms with Crippen molar-refractivity contribution in [3.8, 4) is 11.5 Å². The highest BCUT2D eigenvalue weighted by Crippen LogP contribution is 2.55. The van der Waals surface area contributed by atoms with Gasteiger partial charge in [0.2, 0.25) is 6.79 Å². The molecular formula is C29H38ClNO8. The van der Waals surface area contributed by atoms with Gasteiger partial charge in [0.05, 0.1) is 32.1 Å². The lowest BCUT2D eigenvalue weighted by Gasteiger charge is -2.39. The smallest absolute Gasteiger partial charge is 0.339 e. The third-order valence-corrected chi connectivity index (χ3v) is 8.79. The quantitative estimate of drug-likeness (QED) is 0.354. The maximum atomic E-state index is 13.8. The number of benzene rings is 1.